The summed E-state index contributed by atoms with van der Waals surface area (Å²) < 4.78 is 5.27. The number of hydrogen-bond acceptors (Lipinski definition) is 3. The Morgan fingerprint density at radius 1 is 1.24 bits per heavy atom. The van der Waals surface area contributed by atoms with Gasteiger partial charge in [0, 0.05) is 6.54 Å². The lowest BCUT2D eigenvalue weighted by Crippen LogP contribution is -3.18. The number of quaternary nitrogens is 1. The van der Waals surface area contributed by atoms with Crippen LogP contribution in [0, 0.1) is 0 Å². The van der Waals surface area contributed by atoms with Crippen LogP contribution in [0.2, 0.25) is 0 Å². The highest BCUT2D eigenvalue weighted by atomic mass is 16.5. The lowest BCUT2D eigenvalue weighted by molar-refractivity contribution is -0.921. The van der Waals surface area contributed by atoms with Crippen LogP contribution in [0.5, 0.6) is 0 Å². The van der Waals surface area contributed by atoms with Crippen molar-refractivity contribution >= 4 is 11.9 Å². The van der Waals surface area contributed by atoms with Crippen molar-refractivity contribution in [2.45, 2.75) is 19.5 Å². The van der Waals surface area contributed by atoms with Crippen molar-refractivity contribution in [2.75, 3.05) is 26.3 Å². The van der Waals surface area contributed by atoms with Crippen molar-refractivity contribution in [3.8, 4) is 0 Å². The Kier molecular flexibility index (Phi) is 5.71. The van der Waals surface area contributed by atoms with Crippen LogP contribution >= 0.6 is 0 Å². The Morgan fingerprint density at radius 2 is 1.90 bits per heavy atom. The van der Waals surface area contributed by atoms with E-state index < -0.39 is 6.03 Å². The molecule has 0 bridgehead atoms. The number of rotatable bonds is 4. The fourth-order valence-corrected chi connectivity index (χ4v) is 2.29. The third-order valence-corrected chi connectivity index (χ3v) is 3.67. The second kappa shape index (κ2) is 7.75. The first kappa shape index (κ1) is 15.5. The number of amides is 3. The molecule has 0 aromatic heterocycles. The van der Waals surface area contributed by atoms with Gasteiger partial charge < -0.3 is 15.0 Å². The zero-order chi connectivity index (χ0) is 15.1. The summed E-state index contributed by atoms with van der Waals surface area (Å²) in [6.07, 6.45) is 0. The third kappa shape index (κ3) is 4.84. The van der Waals surface area contributed by atoms with Crippen LogP contribution in [0.15, 0.2) is 30.3 Å². The molecule has 1 aliphatic rings. The fourth-order valence-electron chi connectivity index (χ4n) is 2.29. The Bertz CT molecular complexity index is 472. The maximum atomic E-state index is 12.0. The second-order valence-corrected chi connectivity index (χ2v) is 5.15. The first-order valence-electron chi connectivity index (χ1n) is 7.22. The van der Waals surface area contributed by atoms with Crippen LogP contribution in [0.25, 0.3) is 0 Å². The molecule has 1 aromatic rings. The first-order chi connectivity index (χ1) is 10.2. The van der Waals surface area contributed by atoms with Crippen molar-refractivity contribution in [1.82, 2.24) is 10.6 Å². The number of morpholine rings is 1. The molecule has 0 aliphatic carbocycles. The summed E-state index contributed by atoms with van der Waals surface area (Å²) in [5.41, 5.74) is 0.993. The average Bonchev–Trinajstić information content (AvgIpc) is 2.54. The molecule has 1 aliphatic heterocycles. The van der Waals surface area contributed by atoms with Gasteiger partial charge in [0.15, 0.2) is 6.04 Å². The van der Waals surface area contributed by atoms with E-state index in [4.69, 9.17) is 4.74 Å². The Labute approximate surface area is 124 Å². The van der Waals surface area contributed by atoms with Crippen LogP contribution in [0.4, 0.5) is 4.79 Å². The summed E-state index contributed by atoms with van der Waals surface area (Å²) in [7, 11) is 0. The van der Waals surface area contributed by atoms with Crippen molar-refractivity contribution in [1.29, 1.82) is 0 Å². The molecule has 1 saturated heterocycles. The van der Waals surface area contributed by atoms with E-state index in [0.717, 1.165) is 23.6 Å². The molecule has 6 nitrogen and oxygen atoms in total. The zero-order valence-electron chi connectivity index (χ0n) is 12.2. The standard InChI is InChI=1S/C15H21N3O3/c1-12(18-7-9-21-10-8-18)14(19)17-15(20)16-11-13-5-3-2-4-6-13/h2-6,12H,7-11H2,1H3,(H2,16,17,19,20)/p+1/t12-/m0/s1. The SMILES string of the molecule is C[C@@H](C(=O)NC(=O)NCc1ccccc1)[NH+]1CCOCC1. The monoisotopic (exact) mass is 292 g/mol. The van der Waals surface area contributed by atoms with Gasteiger partial charge in [0.1, 0.15) is 13.1 Å². The summed E-state index contributed by atoms with van der Waals surface area (Å²) in [6.45, 7) is 5.14. The molecule has 0 saturated carbocycles. The minimum Gasteiger partial charge on any atom is -0.370 e. The molecule has 1 heterocycles. The highest BCUT2D eigenvalue weighted by molar-refractivity contribution is 5.96. The topological polar surface area (TPSA) is 71.9 Å². The van der Waals surface area contributed by atoms with Crippen molar-refractivity contribution in [3.05, 3.63) is 35.9 Å². The predicted molar refractivity (Wildman–Crippen MR) is 77.8 cm³/mol. The van der Waals surface area contributed by atoms with E-state index in [0.29, 0.717) is 19.8 Å². The van der Waals surface area contributed by atoms with Gasteiger partial charge in [-0.05, 0) is 12.5 Å². The summed E-state index contributed by atoms with van der Waals surface area (Å²) in [6, 6.07) is 8.86. The minimum absolute atomic E-state index is 0.252. The fraction of sp³-hybridized carbons (Fsp3) is 0.467. The lowest BCUT2D eigenvalue weighted by Gasteiger charge is -2.28. The summed E-state index contributed by atoms with van der Waals surface area (Å²) in [5.74, 6) is -0.252. The van der Waals surface area contributed by atoms with Crippen molar-refractivity contribution in [2.24, 2.45) is 0 Å². The summed E-state index contributed by atoms with van der Waals surface area (Å²) in [5, 5.41) is 5.08. The highest BCUT2D eigenvalue weighted by Gasteiger charge is 2.27. The maximum Gasteiger partial charge on any atom is 0.321 e. The molecule has 6 heteroatoms. The largest absolute Gasteiger partial charge is 0.370 e. The zero-order valence-corrected chi connectivity index (χ0v) is 12.2. The van der Waals surface area contributed by atoms with E-state index in [1.54, 1.807) is 0 Å². The summed E-state index contributed by atoms with van der Waals surface area (Å²) in [4.78, 5) is 24.9. The first-order valence-corrected chi connectivity index (χ1v) is 7.22. The number of urea groups is 1. The molecule has 3 N–H and O–H groups in total. The van der Waals surface area contributed by atoms with Gasteiger partial charge >= 0.3 is 6.03 Å². The normalized spacial score (nSPS) is 17.0. The number of imide groups is 1. The van der Waals surface area contributed by atoms with Gasteiger partial charge in [0.25, 0.3) is 5.91 Å². The van der Waals surface area contributed by atoms with Gasteiger partial charge in [-0.15, -0.1) is 0 Å². The number of benzene rings is 1. The van der Waals surface area contributed by atoms with Crippen LogP contribution in [-0.4, -0.2) is 44.3 Å². The number of carbonyl (C=O) groups is 2. The van der Waals surface area contributed by atoms with E-state index in [2.05, 4.69) is 10.6 Å². The van der Waals surface area contributed by atoms with Gasteiger partial charge in [-0.3, -0.25) is 10.1 Å². The van der Waals surface area contributed by atoms with Crippen LogP contribution in [0.1, 0.15) is 12.5 Å². The van der Waals surface area contributed by atoms with E-state index in [1.807, 2.05) is 37.3 Å². The number of hydrogen-bond donors (Lipinski definition) is 3. The molecule has 21 heavy (non-hydrogen) atoms. The maximum absolute atomic E-state index is 12.0. The molecule has 1 fully saturated rings. The van der Waals surface area contributed by atoms with Crippen LogP contribution in [0.3, 0.4) is 0 Å². The molecular weight excluding hydrogens is 270 g/mol. The lowest BCUT2D eigenvalue weighted by atomic mass is 10.2. The summed E-state index contributed by atoms with van der Waals surface area (Å²) >= 11 is 0. The number of ether oxygens (including phenoxy) is 1. The second-order valence-electron chi connectivity index (χ2n) is 5.15. The molecule has 1 atom stereocenters. The van der Waals surface area contributed by atoms with E-state index in [9.17, 15) is 9.59 Å². The molecular formula is C15H22N3O3+. The smallest absolute Gasteiger partial charge is 0.321 e. The number of nitrogens with one attached hydrogen (secondary N) is 3. The molecule has 2 rings (SSSR count). The molecule has 0 unspecified atom stereocenters. The van der Waals surface area contributed by atoms with Gasteiger partial charge in [-0.25, -0.2) is 4.79 Å². The molecule has 3 amide bonds. The quantitative estimate of drug-likeness (QED) is 0.688. The predicted octanol–water partition coefficient (Wildman–Crippen LogP) is -0.684. The van der Waals surface area contributed by atoms with E-state index in [-0.39, 0.29) is 11.9 Å². The number of carbonyl (C=O) groups excluding carboxylic acids is 2. The van der Waals surface area contributed by atoms with Crippen LogP contribution in [-0.2, 0) is 16.1 Å². The minimum atomic E-state index is -0.455. The third-order valence-electron chi connectivity index (χ3n) is 3.67. The van der Waals surface area contributed by atoms with Crippen molar-refractivity contribution in [3.63, 3.8) is 0 Å². The van der Waals surface area contributed by atoms with E-state index >= 15 is 0 Å². The molecule has 114 valence electrons. The Morgan fingerprint density at radius 3 is 2.57 bits per heavy atom. The Hall–Kier alpha value is -1.92. The van der Waals surface area contributed by atoms with Gasteiger partial charge in [0.05, 0.1) is 13.2 Å². The van der Waals surface area contributed by atoms with Gasteiger partial charge in [0.2, 0.25) is 0 Å². The van der Waals surface area contributed by atoms with E-state index in [1.165, 1.54) is 0 Å². The Balaban J connectivity index is 1.75. The average molecular weight is 292 g/mol. The molecule has 0 radical (unpaired) electrons. The molecule has 0 spiro atoms. The van der Waals surface area contributed by atoms with Crippen molar-refractivity contribution < 1.29 is 19.2 Å². The highest BCUT2D eigenvalue weighted by Crippen LogP contribution is 1.96. The molecule has 1 aromatic carbocycles. The van der Waals surface area contributed by atoms with Crippen LogP contribution < -0.4 is 15.5 Å². The van der Waals surface area contributed by atoms with Gasteiger partial charge in [-0.2, -0.15) is 0 Å². The van der Waals surface area contributed by atoms with Gasteiger partial charge in [-0.1, -0.05) is 30.3 Å².